The Labute approximate surface area is 73.8 Å². The van der Waals surface area contributed by atoms with Gasteiger partial charge in [0.15, 0.2) is 0 Å². The van der Waals surface area contributed by atoms with Crippen molar-refractivity contribution in [2.75, 3.05) is 34.1 Å². The standard InChI is InChI=1S/C6H14N2O2/c1-8(2,3)4-5-10-6(7)9/h4-5H2,1-3H3,(H-,7,9)/p+1/i1D3,2D3,3D3. The van der Waals surface area contributed by atoms with Gasteiger partial charge in [0.25, 0.3) is 0 Å². The molecule has 2 N–H and O–H groups in total. The zero-order chi connectivity index (χ0) is 15.7. The molecule has 0 rings (SSSR count). The van der Waals surface area contributed by atoms with E-state index in [0.29, 0.717) is 0 Å². The van der Waals surface area contributed by atoms with Crippen LogP contribution in [0.25, 0.3) is 0 Å². The number of nitrogens with two attached hydrogens (primary N) is 1. The van der Waals surface area contributed by atoms with Crippen molar-refractivity contribution in [3.63, 3.8) is 0 Å². The van der Waals surface area contributed by atoms with Crippen LogP contribution in [0.15, 0.2) is 0 Å². The number of quaternary nitrogens is 1. The molecule has 0 bridgehead atoms. The topological polar surface area (TPSA) is 52.3 Å². The SMILES string of the molecule is [2H]C([2H])([2H])[N+](CCOC(N)=O)(C([2H])([2H])[2H])C([2H])([2H])[2H]. The maximum absolute atomic E-state index is 10.4. The summed E-state index contributed by atoms with van der Waals surface area (Å²) in [5, 5.41) is 0. The number of ether oxygens (including phenoxy) is 1. The zero-order valence-electron chi connectivity index (χ0n) is 14.3. The van der Waals surface area contributed by atoms with Crippen LogP contribution >= 0.6 is 0 Å². The van der Waals surface area contributed by atoms with E-state index in [1.807, 2.05) is 0 Å². The van der Waals surface area contributed by atoms with Crippen LogP contribution in [0.3, 0.4) is 0 Å². The van der Waals surface area contributed by atoms with Crippen LogP contribution in [-0.2, 0) is 4.74 Å². The lowest BCUT2D eigenvalue weighted by molar-refractivity contribution is -0.870. The molecule has 0 unspecified atom stereocenters. The van der Waals surface area contributed by atoms with Crippen LogP contribution in [0.4, 0.5) is 4.79 Å². The maximum atomic E-state index is 10.4. The molecule has 4 heteroatoms. The van der Waals surface area contributed by atoms with Gasteiger partial charge in [0.2, 0.25) is 0 Å². The first-order valence-corrected chi connectivity index (χ1v) is 2.47. The van der Waals surface area contributed by atoms with Crippen LogP contribution in [-0.4, -0.2) is 44.7 Å². The molecule has 0 fully saturated rings. The minimum absolute atomic E-state index is 0.732. The summed E-state index contributed by atoms with van der Waals surface area (Å²) in [5.74, 6) is 0. The first-order chi connectivity index (χ1) is 8.17. The fourth-order valence-corrected chi connectivity index (χ4v) is 0.283. The Morgan fingerprint density at radius 2 is 2.30 bits per heavy atom. The number of amides is 1. The molecule has 0 radical (unpaired) electrons. The highest BCUT2D eigenvalue weighted by Crippen LogP contribution is 1.88. The monoisotopic (exact) mass is 156 g/mol. The van der Waals surface area contributed by atoms with E-state index >= 15 is 0 Å². The number of primary amides is 1. The number of hydrogen-bond donors (Lipinski definition) is 1. The van der Waals surface area contributed by atoms with E-state index in [4.69, 9.17) is 12.3 Å². The van der Waals surface area contributed by atoms with Gasteiger partial charge in [-0.05, 0) is 0 Å². The van der Waals surface area contributed by atoms with Crippen LogP contribution < -0.4 is 5.73 Å². The van der Waals surface area contributed by atoms with E-state index < -0.39 is 44.7 Å². The van der Waals surface area contributed by atoms with Gasteiger partial charge in [0.1, 0.15) is 13.2 Å². The van der Waals surface area contributed by atoms with Crippen LogP contribution in [0.5, 0.6) is 0 Å². The van der Waals surface area contributed by atoms with E-state index in [1.54, 1.807) is 0 Å². The molecule has 0 heterocycles. The summed E-state index contributed by atoms with van der Waals surface area (Å²) in [6.45, 7) is -11.7. The van der Waals surface area contributed by atoms with Gasteiger partial charge in [-0.15, -0.1) is 0 Å². The molecule has 0 aromatic heterocycles. The molecule has 0 aliphatic heterocycles. The molecular formula is C6H15N2O2+. The van der Waals surface area contributed by atoms with Crippen molar-refractivity contribution in [3.05, 3.63) is 0 Å². The first-order valence-electron chi connectivity index (χ1n) is 6.97. The average molecular weight is 156 g/mol. The lowest BCUT2D eigenvalue weighted by Gasteiger charge is -2.22. The summed E-state index contributed by atoms with van der Waals surface area (Å²) < 4.78 is 67.3. The summed E-state index contributed by atoms with van der Waals surface area (Å²) in [5.41, 5.74) is 4.66. The highest BCUT2D eigenvalue weighted by molar-refractivity contribution is 5.64. The van der Waals surface area contributed by atoms with E-state index in [2.05, 4.69) is 10.5 Å². The molecule has 0 aromatic rings. The van der Waals surface area contributed by atoms with E-state index in [0.717, 1.165) is 0 Å². The molecule has 0 saturated heterocycles. The van der Waals surface area contributed by atoms with Gasteiger partial charge in [0, 0.05) is 0 Å². The fourth-order valence-electron chi connectivity index (χ4n) is 0.283. The fraction of sp³-hybridized carbons (Fsp3) is 0.833. The molecule has 0 saturated carbocycles. The third-order valence-electron chi connectivity index (χ3n) is 0.671. The van der Waals surface area contributed by atoms with Gasteiger partial charge < -0.3 is 15.0 Å². The Morgan fingerprint density at radius 1 is 1.70 bits per heavy atom. The molecular weight excluding hydrogens is 132 g/mol. The first kappa shape index (κ1) is 2.11. The second-order valence-electron chi connectivity index (χ2n) is 1.70. The number of carbonyl (C=O) groups is 1. The third-order valence-corrected chi connectivity index (χ3v) is 0.671. The molecule has 0 aliphatic rings. The lowest BCUT2D eigenvalue weighted by atomic mass is 10.5. The highest BCUT2D eigenvalue weighted by Gasteiger charge is 2.06. The minimum Gasteiger partial charge on any atom is -0.444 e. The minimum atomic E-state index is -3.35. The molecule has 60 valence electrons. The van der Waals surface area contributed by atoms with E-state index in [9.17, 15) is 4.79 Å². The van der Waals surface area contributed by atoms with Crippen molar-refractivity contribution in [3.8, 4) is 0 Å². The molecule has 0 aliphatic carbocycles. The Kier molecular flexibility index (Phi) is 0.718. The Bertz CT molecular complexity index is 295. The smallest absolute Gasteiger partial charge is 0.404 e. The summed E-state index contributed by atoms with van der Waals surface area (Å²) in [7, 11) is 0. The number of nitrogens with zero attached hydrogens (tertiary/aromatic N) is 1. The number of likely N-dealkylation sites (N-methyl/N-ethyl adjacent to an activating group) is 1. The van der Waals surface area contributed by atoms with Gasteiger partial charge in [0.05, 0.1) is 33.3 Å². The molecule has 1 amide bonds. The van der Waals surface area contributed by atoms with E-state index in [-0.39, 0.29) is 0 Å². The summed E-state index contributed by atoms with van der Waals surface area (Å²) in [6, 6.07) is 0. The largest absolute Gasteiger partial charge is 0.444 e. The normalized spacial score (nSPS) is 28.2. The maximum Gasteiger partial charge on any atom is 0.404 e. The predicted molar refractivity (Wildman–Crippen MR) is 38.4 cm³/mol. The van der Waals surface area contributed by atoms with Crippen LogP contribution in [0.1, 0.15) is 12.3 Å². The van der Waals surface area contributed by atoms with Gasteiger partial charge in [-0.3, -0.25) is 0 Å². The van der Waals surface area contributed by atoms with Crippen molar-refractivity contribution >= 4 is 6.09 Å². The van der Waals surface area contributed by atoms with Crippen molar-refractivity contribution in [2.24, 2.45) is 5.73 Å². The van der Waals surface area contributed by atoms with Crippen LogP contribution in [0.2, 0.25) is 0 Å². The molecule has 4 nitrogen and oxygen atoms in total. The zero-order valence-corrected chi connectivity index (χ0v) is 5.26. The van der Waals surface area contributed by atoms with Crippen molar-refractivity contribution < 1.29 is 26.4 Å². The third kappa shape index (κ3) is 7.23. The number of hydrogen-bond acceptors (Lipinski definition) is 2. The number of carbonyl (C=O) groups excluding carboxylic acids is 1. The van der Waals surface area contributed by atoms with Crippen molar-refractivity contribution in [1.82, 2.24) is 0 Å². The summed E-state index contributed by atoms with van der Waals surface area (Å²) >= 11 is 0. The van der Waals surface area contributed by atoms with Gasteiger partial charge >= 0.3 is 6.09 Å². The van der Waals surface area contributed by atoms with E-state index in [1.165, 1.54) is 0 Å². The molecule has 0 spiro atoms. The molecule has 0 aromatic carbocycles. The Hall–Kier alpha value is -0.770. The quantitative estimate of drug-likeness (QED) is 0.575. The van der Waals surface area contributed by atoms with Crippen molar-refractivity contribution in [1.29, 1.82) is 0 Å². The predicted octanol–water partition coefficient (Wildman–Crippen LogP) is -0.212. The molecule has 0 atom stereocenters. The Morgan fingerprint density at radius 3 is 2.70 bits per heavy atom. The summed E-state index contributed by atoms with van der Waals surface area (Å²) in [6.07, 6.45) is -1.25. The number of rotatable bonds is 3. The highest BCUT2D eigenvalue weighted by atomic mass is 16.5. The Balaban J connectivity index is 5.62. The average Bonchev–Trinajstić information content (AvgIpc) is 2.04. The molecule has 10 heavy (non-hydrogen) atoms. The second-order valence-corrected chi connectivity index (χ2v) is 1.70. The summed E-state index contributed by atoms with van der Waals surface area (Å²) in [4.78, 5) is 10.4. The van der Waals surface area contributed by atoms with Gasteiger partial charge in [-0.1, -0.05) is 0 Å². The van der Waals surface area contributed by atoms with Gasteiger partial charge in [-0.2, -0.15) is 0 Å². The van der Waals surface area contributed by atoms with Crippen LogP contribution in [0, 0.1) is 0 Å². The second kappa shape index (κ2) is 3.41. The lowest BCUT2D eigenvalue weighted by Crippen LogP contribution is -2.38. The van der Waals surface area contributed by atoms with Crippen molar-refractivity contribution in [2.45, 2.75) is 0 Å². The van der Waals surface area contributed by atoms with Gasteiger partial charge in [-0.25, -0.2) is 4.79 Å².